The van der Waals surface area contributed by atoms with Gasteiger partial charge in [-0.3, -0.25) is 5.41 Å². The van der Waals surface area contributed by atoms with Crippen LogP contribution in [0.15, 0.2) is 18.2 Å². The molecule has 19 heavy (non-hydrogen) atoms. The molecule has 0 amide bonds. The van der Waals surface area contributed by atoms with Crippen molar-refractivity contribution in [3.05, 3.63) is 29.3 Å². The molecule has 1 aliphatic rings. The number of nitrogens with one attached hydrogen (secondary N) is 1. The minimum absolute atomic E-state index is 0.261. The molecular weight excluding hydrogens is 255 g/mol. The zero-order valence-electron chi connectivity index (χ0n) is 10.6. The molecule has 2 rings (SSSR count). The van der Waals surface area contributed by atoms with Gasteiger partial charge >= 0.3 is 6.18 Å². The number of alkyl halides is 3. The molecule has 1 saturated heterocycles. The Bertz CT molecular complexity index is 496. The molecule has 1 heterocycles. The first-order chi connectivity index (χ1) is 8.79. The van der Waals surface area contributed by atoms with E-state index in [2.05, 4.69) is 6.92 Å². The second-order valence-electron chi connectivity index (χ2n) is 4.98. The lowest BCUT2D eigenvalue weighted by Gasteiger charge is -2.21. The number of nitrogens with two attached hydrogens (primary N) is 1. The van der Waals surface area contributed by atoms with E-state index in [1.54, 1.807) is 6.07 Å². The van der Waals surface area contributed by atoms with Crippen molar-refractivity contribution in [3.63, 3.8) is 0 Å². The van der Waals surface area contributed by atoms with Crippen molar-refractivity contribution in [1.82, 2.24) is 0 Å². The zero-order chi connectivity index (χ0) is 14.2. The number of hydrogen-bond donors (Lipinski definition) is 2. The van der Waals surface area contributed by atoms with Gasteiger partial charge in [0.1, 0.15) is 5.84 Å². The van der Waals surface area contributed by atoms with Gasteiger partial charge in [-0.1, -0.05) is 6.92 Å². The van der Waals surface area contributed by atoms with Crippen LogP contribution in [-0.2, 0) is 6.18 Å². The second kappa shape index (κ2) is 4.75. The molecule has 1 aliphatic heterocycles. The van der Waals surface area contributed by atoms with Gasteiger partial charge in [0.15, 0.2) is 0 Å². The Morgan fingerprint density at radius 3 is 2.58 bits per heavy atom. The summed E-state index contributed by atoms with van der Waals surface area (Å²) in [5, 5.41) is 7.23. The molecule has 0 bridgehead atoms. The molecule has 104 valence electrons. The first-order valence-electron chi connectivity index (χ1n) is 6.09. The molecule has 1 aromatic rings. The van der Waals surface area contributed by atoms with Gasteiger partial charge in [0.25, 0.3) is 0 Å². The summed E-state index contributed by atoms with van der Waals surface area (Å²) in [6.07, 6.45) is -3.52. The van der Waals surface area contributed by atoms with Crippen molar-refractivity contribution in [3.8, 4) is 0 Å². The highest BCUT2D eigenvalue weighted by molar-refractivity contribution is 5.97. The van der Waals surface area contributed by atoms with E-state index in [4.69, 9.17) is 11.1 Å². The zero-order valence-corrected chi connectivity index (χ0v) is 10.6. The average molecular weight is 271 g/mol. The van der Waals surface area contributed by atoms with Crippen molar-refractivity contribution in [2.45, 2.75) is 19.5 Å². The fourth-order valence-corrected chi connectivity index (χ4v) is 2.37. The summed E-state index contributed by atoms with van der Waals surface area (Å²) in [5.74, 6) is -0.0736. The van der Waals surface area contributed by atoms with Gasteiger partial charge in [0.05, 0.1) is 5.56 Å². The van der Waals surface area contributed by atoms with Gasteiger partial charge in [0, 0.05) is 24.3 Å². The van der Waals surface area contributed by atoms with E-state index in [-0.39, 0.29) is 5.56 Å². The van der Waals surface area contributed by atoms with Crippen LogP contribution in [0.2, 0.25) is 0 Å². The largest absolute Gasteiger partial charge is 0.417 e. The van der Waals surface area contributed by atoms with E-state index in [0.717, 1.165) is 25.6 Å². The van der Waals surface area contributed by atoms with Gasteiger partial charge in [-0.2, -0.15) is 13.2 Å². The van der Waals surface area contributed by atoms with E-state index < -0.39 is 17.6 Å². The molecule has 1 unspecified atom stereocenters. The van der Waals surface area contributed by atoms with Crippen LogP contribution in [0.1, 0.15) is 24.5 Å². The third-order valence-corrected chi connectivity index (χ3v) is 3.39. The predicted octanol–water partition coefficient (Wildman–Crippen LogP) is 2.84. The van der Waals surface area contributed by atoms with Crippen LogP contribution in [0.3, 0.4) is 0 Å². The van der Waals surface area contributed by atoms with Crippen molar-refractivity contribution in [2.75, 3.05) is 18.0 Å². The Kier molecular flexibility index (Phi) is 3.43. The monoisotopic (exact) mass is 271 g/mol. The predicted molar refractivity (Wildman–Crippen MR) is 68.5 cm³/mol. The lowest BCUT2D eigenvalue weighted by atomic mass is 10.0. The molecule has 1 atom stereocenters. The van der Waals surface area contributed by atoms with Crippen LogP contribution in [-0.4, -0.2) is 18.9 Å². The fraction of sp³-hybridized carbons (Fsp3) is 0.462. The Labute approximate surface area is 109 Å². The summed E-state index contributed by atoms with van der Waals surface area (Å²) >= 11 is 0. The van der Waals surface area contributed by atoms with Crippen LogP contribution < -0.4 is 10.6 Å². The summed E-state index contributed by atoms with van der Waals surface area (Å²) in [4.78, 5) is 1.93. The van der Waals surface area contributed by atoms with Gasteiger partial charge < -0.3 is 10.6 Å². The van der Waals surface area contributed by atoms with Crippen LogP contribution >= 0.6 is 0 Å². The van der Waals surface area contributed by atoms with E-state index in [1.165, 1.54) is 6.07 Å². The average Bonchev–Trinajstić information content (AvgIpc) is 2.74. The van der Waals surface area contributed by atoms with E-state index >= 15 is 0 Å². The topological polar surface area (TPSA) is 53.1 Å². The minimum Gasteiger partial charge on any atom is -0.384 e. The Morgan fingerprint density at radius 1 is 1.42 bits per heavy atom. The molecule has 0 aliphatic carbocycles. The molecule has 0 aromatic heterocycles. The summed E-state index contributed by atoms with van der Waals surface area (Å²) in [6.45, 7) is 3.60. The summed E-state index contributed by atoms with van der Waals surface area (Å²) in [6, 6.07) is 3.97. The Hall–Kier alpha value is -1.72. The molecule has 1 fully saturated rings. The molecule has 3 N–H and O–H groups in total. The highest BCUT2D eigenvalue weighted by Crippen LogP contribution is 2.35. The first-order valence-corrected chi connectivity index (χ1v) is 6.09. The number of anilines is 1. The SMILES string of the molecule is CC1CCN(c2ccc(C(=N)N)c(C(F)(F)F)c2)C1. The van der Waals surface area contributed by atoms with Crippen LogP contribution in [0.4, 0.5) is 18.9 Å². The number of nitrogens with zero attached hydrogens (tertiary/aromatic N) is 1. The van der Waals surface area contributed by atoms with Gasteiger partial charge in [0.2, 0.25) is 0 Å². The van der Waals surface area contributed by atoms with Gasteiger partial charge in [-0.15, -0.1) is 0 Å². The highest BCUT2D eigenvalue weighted by Gasteiger charge is 2.35. The van der Waals surface area contributed by atoms with Crippen molar-refractivity contribution < 1.29 is 13.2 Å². The lowest BCUT2D eigenvalue weighted by molar-refractivity contribution is -0.137. The highest BCUT2D eigenvalue weighted by atomic mass is 19.4. The van der Waals surface area contributed by atoms with Crippen LogP contribution in [0.5, 0.6) is 0 Å². The maximum Gasteiger partial charge on any atom is 0.417 e. The standard InChI is InChI=1S/C13H16F3N3/c1-8-4-5-19(7-8)9-2-3-10(12(17)18)11(6-9)13(14,15)16/h2-3,6,8H,4-5,7H2,1H3,(H3,17,18). The number of benzene rings is 1. The van der Waals surface area contributed by atoms with Crippen molar-refractivity contribution >= 4 is 11.5 Å². The van der Waals surface area contributed by atoms with Crippen molar-refractivity contribution in [1.29, 1.82) is 5.41 Å². The Balaban J connectivity index is 2.41. The third kappa shape index (κ3) is 2.83. The summed E-state index contributed by atoms with van der Waals surface area (Å²) in [5.41, 5.74) is 4.65. The fourth-order valence-electron chi connectivity index (χ4n) is 2.37. The molecule has 0 spiro atoms. The van der Waals surface area contributed by atoms with Gasteiger partial charge in [-0.05, 0) is 30.5 Å². The van der Waals surface area contributed by atoms with Gasteiger partial charge in [-0.25, -0.2) is 0 Å². The molecular formula is C13H16F3N3. The first kappa shape index (κ1) is 13.7. The summed E-state index contributed by atoms with van der Waals surface area (Å²) in [7, 11) is 0. The number of halogens is 3. The van der Waals surface area contributed by atoms with E-state index in [9.17, 15) is 13.2 Å². The van der Waals surface area contributed by atoms with Crippen LogP contribution in [0.25, 0.3) is 0 Å². The molecule has 0 saturated carbocycles. The molecule has 6 heteroatoms. The summed E-state index contributed by atoms with van der Waals surface area (Å²) < 4.78 is 38.9. The maximum atomic E-state index is 13.0. The maximum absolute atomic E-state index is 13.0. The Morgan fingerprint density at radius 2 is 2.11 bits per heavy atom. The lowest BCUT2D eigenvalue weighted by Crippen LogP contribution is -2.22. The second-order valence-corrected chi connectivity index (χ2v) is 4.98. The normalized spacial score (nSPS) is 19.8. The number of nitrogen functional groups attached to an aromatic ring is 1. The van der Waals surface area contributed by atoms with E-state index in [0.29, 0.717) is 11.6 Å². The van der Waals surface area contributed by atoms with Crippen molar-refractivity contribution in [2.24, 2.45) is 11.7 Å². The molecule has 0 radical (unpaired) electrons. The number of amidine groups is 1. The number of rotatable bonds is 2. The quantitative estimate of drug-likeness (QED) is 0.642. The number of hydrogen-bond acceptors (Lipinski definition) is 2. The van der Waals surface area contributed by atoms with Crippen LogP contribution in [0, 0.1) is 11.3 Å². The minimum atomic E-state index is -4.50. The molecule has 1 aromatic carbocycles. The van der Waals surface area contributed by atoms with E-state index in [1.807, 2.05) is 4.90 Å². The molecule has 3 nitrogen and oxygen atoms in total. The third-order valence-electron chi connectivity index (χ3n) is 3.39. The smallest absolute Gasteiger partial charge is 0.384 e.